The maximum atomic E-state index is 14.1. The molecule has 0 bridgehead atoms. The average molecular weight is 609 g/mol. The summed E-state index contributed by atoms with van der Waals surface area (Å²) < 4.78 is 2.38. The number of nitrogens with one attached hydrogen (secondary N) is 2. The van der Waals surface area contributed by atoms with E-state index in [2.05, 4.69) is 31.4 Å². The van der Waals surface area contributed by atoms with Crippen LogP contribution in [0.1, 0.15) is 46.7 Å². The van der Waals surface area contributed by atoms with E-state index in [9.17, 15) is 9.59 Å². The minimum Gasteiger partial charge on any atom is -0.404 e. The van der Waals surface area contributed by atoms with E-state index in [0.29, 0.717) is 52.2 Å². The first-order chi connectivity index (χ1) is 18.9. The Kier molecular flexibility index (Phi) is 6.68. The quantitative estimate of drug-likeness (QED) is 0.287. The van der Waals surface area contributed by atoms with Crippen LogP contribution in [0.25, 0.3) is 22.2 Å². The molecule has 3 heterocycles. The minimum atomic E-state index is -0.153. The molecule has 1 saturated carbocycles. The second-order valence-electron chi connectivity index (χ2n) is 10.00. The highest BCUT2D eigenvalue weighted by Gasteiger charge is 2.30. The number of benzene rings is 2. The number of hydrogen-bond donors (Lipinski definition) is 3. The van der Waals surface area contributed by atoms with Crippen molar-refractivity contribution in [2.24, 2.45) is 11.7 Å². The molecule has 4 N–H and O–H groups in total. The van der Waals surface area contributed by atoms with Crippen LogP contribution < -0.4 is 16.6 Å². The fraction of sp³-hybridized carbons (Fsp3) is 0.286. The highest BCUT2D eigenvalue weighted by atomic mass is 79.9. The zero-order valence-electron chi connectivity index (χ0n) is 21.3. The van der Waals surface area contributed by atoms with Gasteiger partial charge in [0, 0.05) is 46.4 Å². The van der Waals surface area contributed by atoms with Crippen LogP contribution in [-0.2, 0) is 13.0 Å². The van der Waals surface area contributed by atoms with Gasteiger partial charge in [-0.1, -0.05) is 11.6 Å². The van der Waals surface area contributed by atoms with Crippen molar-refractivity contribution >= 4 is 55.7 Å². The summed E-state index contributed by atoms with van der Waals surface area (Å²) in [6.07, 6.45) is 4.98. The first-order valence-corrected chi connectivity index (χ1v) is 14.0. The number of halogens is 2. The first kappa shape index (κ1) is 25.6. The van der Waals surface area contributed by atoms with E-state index in [1.54, 1.807) is 33.9 Å². The number of fused-ring (bicyclic) bond motifs is 2. The predicted octanol–water partition coefficient (Wildman–Crippen LogP) is 4.86. The van der Waals surface area contributed by atoms with E-state index < -0.39 is 0 Å². The SMILES string of the molecule is CNc1n[nH]c2cc(-n3c(/C(=C\N)CC4CC4)nc4c(c3=O)CCN(C(=O)c3ccc(Br)c(Cl)c3)C4)ccc12. The highest BCUT2D eigenvalue weighted by molar-refractivity contribution is 9.10. The second kappa shape index (κ2) is 10.2. The van der Waals surface area contributed by atoms with Crippen LogP contribution >= 0.6 is 27.5 Å². The largest absolute Gasteiger partial charge is 0.404 e. The fourth-order valence-electron chi connectivity index (χ4n) is 5.13. The number of rotatable bonds is 6. The number of nitrogens with two attached hydrogens (primary N) is 1. The molecule has 4 aromatic rings. The van der Waals surface area contributed by atoms with Crippen molar-refractivity contribution in [1.29, 1.82) is 0 Å². The lowest BCUT2D eigenvalue weighted by molar-refractivity contribution is 0.0731. The van der Waals surface area contributed by atoms with Gasteiger partial charge in [0.2, 0.25) is 0 Å². The third-order valence-corrected chi connectivity index (χ3v) is 8.66. The second-order valence-corrected chi connectivity index (χ2v) is 11.3. The lowest BCUT2D eigenvalue weighted by Gasteiger charge is -2.29. The van der Waals surface area contributed by atoms with Crippen molar-refractivity contribution in [3.8, 4) is 5.69 Å². The molecule has 1 fully saturated rings. The lowest BCUT2D eigenvalue weighted by Crippen LogP contribution is -2.41. The summed E-state index contributed by atoms with van der Waals surface area (Å²) in [6.45, 7) is 0.639. The van der Waals surface area contributed by atoms with Gasteiger partial charge in [-0.25, -0.2) is 4.98 Å². The summed E-state index contributed by atoms with van der Waals surface area (Å²) in [5.74, 6) is 1.64. The number of H-pyrrole nitrogens is 1. The molecule has 2 aromatic carbocycles. The Balaban J connectivity index is 1.44. The number of allylic oxidation sites excluding steroid dienone is 1. The van der Waals surface area contributed by atoms with Gasteiger partial charge in [-0.2, -0.15) is 5.10 Å². The monoisotopic (exact) mass is 607 g/mol. The molecule has 0 saturated heterocycles. The van der Waals surface area contributed by atoms with E-state index >= 15 is 0 Å². The maximum Gasteiger partial charge on any atom is 0.261 e. The summed E-state index contributed by atoms with van der Waals surface area (Å²) in [4.78, 5) is 34.1. The van der Waals surface area contributed by atoms with E-state index in [4.69, 9.17) is 22.3 Å². The number of aromatic nitrogens is 4. The first-order valence-electron chi connectivity index (χ1n) is 12.8. The van der Waals surface area contributed by atoms with E-state index in [1.807, 2.05) is 25.2 Å². The molecule has 0 atom stereocenters. The maximum absolute atomic E-state index is 14.1. The number of anilines is 1. The zero-order chi connectivity index (χ0) is 27.3. The summed E-state index contributed by atoms with van der Waals surface area (Å²) >= 11 is 9.61. The topological polar surface area (TPSA) is 122 Å². The predicted molar refractivity (Wildman–Crippen MR) is 156 cm³/mol. The van der Waals surface area contributed by atoms with E-state index in [-0.39, 0.29) is 18.0 Å². The molecule has 2 aliphatic rings. The van der Waals surface area contributed by atoms with Crippen LogP contribution in [0.2, 0.25) is 5.02 Å². The van der Waals surface area contributed by atoms with Crippen LogP contribution in [0, 0.1) is 5.92 Å². The van der Waals surface area contributed by atoms with Gasteiger partial charge in [0.25, 0.3) is 11.5 Å². The molecule has 6 rings (SSSR count). The lowest BCUT2D eigenvalue weighted by atomic mass is 10.0. The van der Waals surface area contributed by atoms with Gasteiger partial charge in [0.15, 0.2) is 5.82 Å². The Bertz CT molecular complexity index is 1710. The van der Waals surface area contributed by atoms with Crippen molar-refractivity contribution in [2.45, 2.75) is 32.2 Å². The summed E-state index contributed by atoms with van der Waals surface area (Å²) in [6, 6.07) is 10.9. The normalized spacial score (nSPS) is 15.5. The summed E-state index contributed by atoms with van der Waals surface area (Å²) in [5.41, 5.74) is 9.99. The summed E-state index contributed by atoms with van der Waals surface area (Å²) in [5, 5.41) is 11.8. The third kappa shape index (κ3) is 4.72. The number of amides is 1. The van der Waals surface area contributed by atoms with Crippen LogP contribution in [-0.4, -0.2) is 44.1 Å². The van der Waals surface area contributed by atoms with Crippen molar-refractivity contribution < 1.29 is 4.79 Å². The Morgan fingerprint density at radius 2 is 2.10 bits per heavy atom. The number of carbonyl (C=O) groups excluding carboxylic acids is 1. The molecule has 1 aliphatic heterocycles. The van der Waals surface area contributed by atoms with Crippen molar-refractivity contribution in [2.75, 3.05) is 18.9 Å². The Morgan fingerprint density at radius 1 is 1.28 bits per heavy atom. The molecule has 0 spiro atoms. The van der Waals surface area contributed by atoms with Crippen LogP contribution in [0.5, 0.6) is 0 Å². The molecule has 9 nitrogen and oxygen atoms in total. The number of hydrogen-bond acceptors (Lipinski definition) is 6. The Morgan fingerprint density at radius 3 is 2.82 bits per heavy atom. The molecule has 39 heavy (non-hydrogen) atoms. The highest BCUT2D eigenvalue weighted by Crippen LogP contribution is 2.38. The van der Waals surface area contributed by atoms with Gasteiger partial charge in [-0.3, -0.25) is 19.3 Å². The van der Waals surface area contributed by atoms with Crippen LogP contribution in [0.15, 0.2) is 51.9 Å². The third-order valence-electron chi connectivity index (χ3n) is 7.42. The zero-order valence-corrected chi connectivity index (χ0v) is 23.6. The average Bonchev–Trinajstić information content (AvgIpc) is 3.68. The number of carbonyl (C=O) groups is 1. The van der Waals surface area contributed by atoms with Gasteiger partial charge >= 0.3 is 0 Å². The van der Waals surface area contributed by atoms with Gasteiger partial charge < -0.3 is 16.0 Å². The van der Waals surface area contributed by atoms with Crippen molar-refractivity contribution in [3.05, 3.63) is 85.1 Å². The molecular weight excluding hydrogens is 582 g/mol. The molecule has 11 heteroatoms. The van der Waals surface area contributed by atoms with Gasteiger partial charge in [-0.15, -0.1) is 0 Å². The number of nitrogens with zero attached hydrogens (tertiary/aromatic N) is 4. The van der Waals surface area contributed by atoms with Crippen molar-refractivity contribution in [1.82, 2.24) is 24.6 Å². The van der Waals surface area contributed by atoms with Gasteiger partial charge in [0.1, 0.15) is 5.82 Å². The van der Waals surface area contributed by atoms with E-state index in [0.717, 1.165) is 46.0 Å². The Hall–Kier alpha value is -3.63. The summed E-state index contributed by atoms with van der Waals surface area (Å²) in [7, 11) is 1.81. The smallest absolute Gasteiger partial charge is 0.261 e. The number of aromatic amines is 1. The molecular formula is C28H27BrClN7O2. The van der Waals surface area contributed by atoms with E-state index in [1.165, 1.54) is 0 Å². The van der Waals surface area contributed by atoms with Gasteiger partial charge in [0.05, 0.1) is 28.5 Å². The standard InChI is InChI=1S/C28H27BrClN7O2/c1-32-25-19-6-5-18(12-23(19)34-35-25)37-26(17(13-31)10-15-2-3-15)33-24-14-36(9-8-20(24)28(37)39)27(38)16-4-7-21(29)22(30)11-16/h4-7,11-13,15H,2-3,8-10,14,31H2,1H3,(H2,32,34,35)/b17-13-. The molecule has 1 amide bonds. The fourth-order valence-corrected chi connectivity index (χ4v) is 5.56. The van der Waals surface area contributed by atoms with Gasteiger partial charge in [-0.05, 0) is 83.9 Å². The van der Waals surface area contributed by atoms with Crippen LogP contribution in [0.3, 0.4) is 0 Å². The molecule has 1 aliphatic carbocycles. The molecule has 2 aromatic heterocycles. The van der Waals surface area contributed by atoms with Crippen LogP contribution in [0.4, 0.5) is 5.82 Å². The minimum absolute atomic E-state index is 0.142. The molecule has 0 unspecified atom stereocenters. The molecule has 0 radical (unpaired) electrons. The Labute approximate surface area is 238 Å². The van der Waals surface area contributed by atoms with Crippen molar-refractivity contribution in [3.63, 3.8) is 0 Å². The molecule has 200 valence electrons.